The van der Waals surface area contributed by atoms with Crippen LogP contribution in [0.2, 0.25) is 0 Å². The number of unbranched alkanes of at least 4 members (excludes halogenated alkanes) is 2. The molecule has 0 amide bonds. The molecule has 2 aliphatic rings. The van der Waals surface area contributed by atoms with Crippen molar-refractivity contribution in [3.63, 3.8) is 0 Å². The molecule has 0 N–H and O–H groups in total. The zero-order valence-electron chi connectivity index (χ0n) is 13.2. The van der Waals surface area contributed by atoms with Gasteiger partial charge < -0.3 is 9.47 Å². The molecule has 2 fully saturated rings. The van der Waals surface area contributed by atoms with E-state index in [9.17, 15) is 0 Å². The molecular weight excluding hydrogens is 260 g/mol. The van der Waals surface area contributed by atoms with Gasteiger partial charge in [-0.2, -0.15) is 0 Å². The highest BCUT2D eigenvalue weighted by Gasteiger charge is 2.37. The molecule has 3 atom stereocenters. The maximum absolute atomic E-state index is 5.89. The molecule has 1 aliphatic heterocycles. The Kier molecular flexibility index (Phi) is 5.18. The van der Waals surface area contributed by atoms with Crippen molar-refractivity contribution in [2.45, 2.75) is 70.5 Å². The Morgan fingerprint density at radius 3 is 2.71 bits per heavy atom. The van der Waals surface area contributed by atoms with Gasteiger partial charge in [-0.15, -0.1) is 0 Å². The summed E-state index contributed by atoms with van der Waals surface area (Å²) in [5.74, 6) is 2.70. The van der Waals surface area contributed by atoms with Crippen LogP contribution in [0.1, 0.15) is 69.8 Å². The fourth-order valence-electron chi connectivity index (χ4n) is 3.38. The van der Waals surface area contributed by atoms with E-state index < -0.39 is 0 Å². The molecule has 2 heteroatoms. The van der Waals surface area contributed by atoms with Gasteiger partial charge in [-0.1, -0.05) is 38.3 Å². The van der Waals surface area contributed by atoms with Crippen LogP contribution in [0, 0.1) is 5.92 Å². The second-order valence-electron chi connectivity index (χ2n) is 6.58. The van der Waals surface area contributed by atoms with Gasteiger partial charge in [0.1, 0.15) is 5.75 Å². The third-order valence-electron chi connectivity index (χ3n) is 4.81. The lowest BCUT2D eigenvalue weighted by atomic mass is 10.1. The van der Waals surface area contributed by atoms with Crippen molar-refractivity contribution in [2.24, 2.45) is 5.92 Å². The number of hydrogen-bond donors (Lipinski definition) is 0. The monoisotopic (exact) mass is 288 g/mol. The fraction of sp³-hybridized carbons (Fsp3) is 0.684. The van der Waals surface area contributed by atoms with E-state index in [1.54, 1.807) is 0 Å². The standard InChI is InChI=1S/C19H28O2/c1-2-3-4-7-16-14-18(16)15-9-11-17(12-10-15)21-19-8-5-6-13-20-19/h9-12,16,18-19H,2-8,13-14H2,1H3. The SMILES string of the molecule is CCCCCC1CC1c1ccc(OC2CCCCO2)cc1. The van der Waals surface area contributed by atoms with Gasteiger partial charge in [0.25, 0.3) is 0 Å². The van der Waals surface area contributed by atoms with Gasteiger partial charge in [0.05, 0.1) is 6.61 Å². The maximum Gasteiger partial charge on any atom is 0.199 e. The highest BCUT2D eigenvalue weighted by atomic mass is 16.7. The van der Waals surface area contributed by atoms with E-state index in [2.05, 4.69) is 31.2 Å². The van der Waals surface area contributed by atoms with Gasteiger partial charge in [0.2, 0.25) is 0 Å². The normalized spacial score (nSPS) is 28.3. The summed E-state index contributed by atoms with van der Waals surface area (Å²) >= 11 is 0. The zero-order valence-corrected chi connectivity index (χ0v) is 13.2. The van der Waals surface area contributed by atoms with Crippen molar-refractivity contribution in [1.29, 1.82) is 0 Å². The van der Waals surface area contributed by atoms with E-state index in [1.807, 2.05) is 0 Å². The first-order chi connectivity index (χ1) is 10.4. The summed E-state index contributed by atoms with van der Waals surface area (Å²) in [7, 11) is 0. The summed E-state index contributed by atoms with van der Waals surface area (Å²) in [4.78, 5) is 0. The lowest BCUT2D eigenvalue weighted by Gasteiger charge is -2.23. The second-order valence-corrected chi connectivity index (χ2v) is 6.58. The molecular formula is C19H28O2. The van der Waals surface area contributed by atoms with Crippen LogP contribution in [-0.2, 0) is 4.74 Å². The number of benzene rings is 1. The summed E-state index contributed by atoms with van der Waals surface area (Å²) in [6.07, 6.45) is 10.3. The Bertz CT molecular complexity index is 420. The van der Waals surface area contributed by atoms with Crippen LogP contribution >= 0.6 is 0 Å². The maximum atomic E-state index is 5.89. The summed E-state index contributed by atoms with van der Waals surface area (Å²) < 4.78 is 11.5. The molecule has 1 saturated carbocycles. The Labute approximate surface area is 128 Å². The van der Waals surface area contributed by atoms with Crippen LogP contribution in [0.15, 0.2) is 24.3 Å². The minimum atomic E-state index is -0.0349. The zero-order chi connectivity index (χ0) is 14.5. The van der Waals surface area contributed by atoms with E-state index in [4.69, 9.17) is 9.47 Å². The lowest BCUT2D eigenvalue weighted by molar-refractivity contribution is -0.105. The van der Waals surface area contributed by atoms with Gasteiger partial charge in [-0.25, -0.2) is 0 Å². The molecule has 1 aromatic carbocycles. The van der Waals surface area contributed by atoms with Crippen LogP contribution in [0.5, 0.6) is 5.75 Å². The van der Waals surface area contributed by atoms with E-state index in [0.29, 0.717) is 0 Å². The molecule has 21 heavy (non-hydrogen) atoms. The number of hydrogen-bond acceptors (Lipinski definition) is 2. The van der Waals surface area contributed by atoms with Crippen LogP contribution < -0.4 is 4.74 Å². The number of rotatable bonds is 7. The van der Waals surface area contributed by atoms with Crippen molar-refractivity contribution in [3.05, 3.63) is 29.8 Å². The lowest BCUT2D eigenvalue weighted by Crippen LogP contribution is -2.24. The molecule has 1 aromatic rings. The van der Waals surface area contributed by atoms with Crippen molar-refractivity contribution < 1.29 is 9.47 Å². The van der Waals surface area contributed by atoms with E-state index in [-0.39, 0.29) is 6.29 Å². The Balaban J connectivity index is 1.46. The molecule has 0 aromatic heterocycles. The molecule has 1 aliphatic carbocycles. The molecule has 0 radical (unpaired) electrons. The Morgan fingerprint density at radius 2 is 2.00 bits per heavy atom. The predicted molar refractivity (Wildman–Crippen MR) is 85.7 cm³/mol. The van der Waals surface area contributed by atoms with Gasteiger partial charge in [0, 0.05) is 6.42 Å². The first-order valence-electron chi connectivity index (χ1n) is 8.75. The average Bonchev–Trinajstić information content (AvgIpc) is 3.29. The quantitative estimate of drug-likeness (QED) is 0.636. The van der Waals surface area contributed by atoms with Crippen LogP contribution in [0.25, 0.3) is 0 Å². The predicted octanol–water partition coefficient (Wildman–Crippen LogP) is 5.28. The Morgan fingerprint density at radius 1 is 1.14 bits per heavy atom. The molecule has 1 heterocycles. The van der Waals surface area contributed by atoms with E-state index in [1.165, 1.54) is 50.5 Å². The summed E-state index contributed by atoms with van der Waals surface area (Å²) in [6.45, 7) is 3.11. The highest BCUT2D eigenvalue weighted by Crippen LogP contribution is 2.50. The fourth-order valence-corrected chi connectivity index (χ4v) is 3.38. The molecule has 3 unspecified atom stereocenters. The van der Waals surface area contributed by atoms with Crippen molar-refractivity contribution in [1.82, 2.24) is 0 Å². The highest BCUT2D eigenvalue weighted by molar-refractivity contribution is 5.32. The topological polar surface area (TPSA) is 18.5 Å². The average molecular weight is 288 g/mol. The van der Waals surface area contributed by atoms with Crippen LogP contribution in [-0.4, -0.2) is 12.9 Å². The molecule has 0 spiro atoms. The molecule has 116 valence electrons. The summed E-state index contributed by atoms with van der Waals surface area (Å²) in [5, 5.41) is 0. The first kappa shape index (κ1) is 14.9. The minimum Gasteiger partial charge on any atom is -0.465 e. The molecule has 2 nitrogen and oxygen atoms in total. The van der Waals surface area contributed by atoms with Gasteiger partial charge >= 0.3 is 0 Å². The number of ether oxygens (including phenoxy) is 2. The van der Waals surface area contributed by atoms with E-state index >= 15 is 0 Å². The summed E-state index contributed by atoms with van der Waals surface area (Å²) in [6, 6.07) is 8.74. The molecule has 3 rings (SSSR count). The van der Waals surface area contributed by atoms with Gasteiger partial charge in [-0.3, -0.25) is 0 Å². The largest absolute Gasteiger partial charge is 0.465 e. The van der Waals surface area contributed by atoms with Gasteiger partial charge in [0.15, 0.2) is 6.29 Å². The third kappa shape index (κ3) is 4.23. The van der Waals surface area contributed by atoms with Crippen LogP contribution in [0.4, 0.5) is 0 Å². The third-order valence-corrected chi connectivity index (χ3v) is 4.81. The van der Waals surface area contributed by atoms with Crippen molar-refractivity contribution in [2.75, 3.05) is 6.61 Å². The first-order valence-corrected chi connectivity index (χ1v) is 8.75. The van der Waals surface area contributed by atoms with Crippen LogP contribution in [0.3, 0.4) is 0 Å². The Hall–Kier alpha value is -1.02. The smallest absolute Gasteiger partial charge is 0.199 e. The molecule has 1 saturated heterocycles. The molecule has 0 bridgehead atoms. The minimum absolute atomic E-state index is 0.0349. The summed E-state index contributed by atoms with van der Waals surface area (Å²) in [5.41, 5.74) is 1.49. The van der Waals surface area contributed by atoms with E-state index in [0.717, 1.165) is 30.6 Å². The van der Waals surface area contributed by atoms with Gasteiger partial charge in [-0.05, 0) is 55.2 Å². The van der Waals surface area contributed by atoms with Crippen molar-refractivity contribution >= 4 is 0 Å². The second kappa shape index (κ2) is 7.31. The van der Waals surface area contributed by atoms with Crippen molar-refractivity contribution in [3.8, 4) is 5.75 Å².